The highest BCUT2D eigenvalue weighted by Crippen LogP contribution is 2.24. The number of aliphatic hydroxyl groups is 1. The largest absolute Gasteiger partial charge is 0.466 e. The average Bonchev–Trinajstić information content (AvgIpc) is 3.00. The quantitative estimate of drug-likeness (QED) is 0.828. The van der Waals surface area contributed by atoms with Crippen LogP contribution in [0.1, 0.15) is 23.0 Å². The predicted octanol–water partition coefficient (Wildman–Crippen LogP) is 3.29. The van der Waals surface area contributed by atoms with Gasteiger partial charge < -0.3 is 14.8 Å². The summed E-state index contributed by atoms with van der Waals surface area (Å²) < 4.78 is 5.17. The fourth-order valence-electron chi connectivity index (χ4n) is 1.83. The van der Waals surface area contributed by atoms with E-state index in [4.69, 9.17) is 16.0 Å². The van der Waals surface area contributed by atoms with Crippen molar-refractivity contribution in [2.75, 3.05) is 12.8 Å². The molecule has 112 valence electrons. The number of rotatable bonds is 5. The summed E-state index contributed by atoms with van der Waals surface area (Å²) >= 11 is 7.57. The second-order valence-corrected chi connectivity index (χ2v) is 6.07. The van der Waals surface area contributed by atoms with Crippen molar-refractivity contribution in [3.8, 4) is 0 Å². The third-order valence-electron chi connectivity index (χ3n) is 3.06. The molecule has 2 N–H and O–H groups in total. The van der Waals surface area contributed by atoms with Gasteiger partial charge in [0.15, 0.2) is 0 Å². The molecule has 1 heterocycles. The molecule has 0 fully saturated rings. The Morgan fingerprint density at radius 3 is 2.86 bits per heavy atom. The molecule has 0 spiro atoms. The molecule has 2 aromatic rings. The summed E-state index contributed by atoms with van der Waals surface area (Å²) in [6.07, 6.45) is 3.40. The third-order valence-corrected chi connectivity index (χ3v) is 4.12. The second-order valence-electron chi connectivity index (χ2n) is 4.78. The molecule has 0 aliphatic carbocycles. The zero-order chi connectivity index (χ0) is 15.5. The monoisotopic (exact) mass is 325 g/mol. The maximum Gasteiger partial charge on any atom is 0.252 e. The lowest BCUT2D eigenvalue weighted by atomic mass is 10.0. The molecule has 2 rings (SSSR count). The third kappa shape index (κ3) is 3.81. The van der Waals surface area contributed by atoms with Crippen LogP contribution in [0.2, 0.25) is 5.02 Å². The van der Waals surface area contributed by atoms with Gasteiger partial charge in [-0.15, -0.1) is 11.8 Å². The summed E-state index contributed by atoms with van der Waals surface area (Å²) in [7, 11) is 0. The van der Waals surface area contributed by atoms with Crippen molar-refractivity contribution in [3.63, 3.8) is 0 Å². The van der Waals surface area contributed by atoms with E-state index in [1.165, 1.54) is 18.0 Å². The molecule has 1 atom stereocenters. The minimum absolute atomic E-state index is 0.0270. The molecule has 0 bridgehead atoms. The Hall–Kier alpha value is -1.43. The smallest absolute Gasteiger partial charge is 0.252 e. The van der Waals surface area contributed by atoms with Gasteiger partial charge in [0, 0.05) is 4.90 Å². The lowest BCUT2D eigenvalue weighted by molar-refractivity contribution is 0.0330. The topological polar surface area (TPSA) is 62.5 Å². The molecule has 4 nitrogen and oxygen atoms in total. The van der Waals surface area contributed by atoms with Gasteiger partial charge in [-0.2, -0.15) is 0 Å². The fourth-order valence-corrected chi connectivity index (χ4v) is 2.47. The zero-order valence-electron chi connectivity index (χ0n) is 11.7. The first-order chi connectivity index (χ1) is 9.94. The van der Waals surface area contributed by atoms with Crippen LogP contribution < -0.4 is 5.32 Å². The standard InChI is InChI=1S/C15H16ClNO3S/c1-15(19,13-4-3-7-20-13)9-17-14(18)11-8-10(21-2)5-6-12(11)16/h3-8,19H,9H2,1-2H3,(H,17,18). The fraction of sp³-hybridized carbons (Fsp3) is 0.267. The average molecular weight is 326 g/mol. The van der Waals surface area contributed by atoms with Crippen molar-refractivity contribution < 1.29 is 14.3 Å². The Labute approximate surface area is 132 Å². The molecule has 0 aliphatic rings. The molecule has 1 unspecified atom stereocenters. The van der Waals surface area contributed by atoms with Crippen LogP contribution in [-0.4, -0.2) is 23.8 Å². The van der Waals surface area contributed by atoms with Crippen LogP contribution in [0.3, 0.4) is 0 Å². The van der Waals surface area contributed by atoms with Crippen LogP contribution in [0.4, 0.5) is 0 Å². The van der Waals surface area contributed by atoms with Crippen molar-refractivity contribution in [3.05, 3.63) is 52.9 Å². The van der Waals surface area contributed by atoms with Gasteiger partial charge >= 0.3 is 0 Å². The number of hydrogen-bond acceptors (Lipinski definition) is 4. The number of thioether (sulfide) groups is 1. The van der Waals surface area contributed by atoms with E-state index in [-0.39, 0.29) is 12.5 Å². The minimum Gasteiger partial charge on any atom is -0.466 e. The van der Waals surface area contributed by atoms with Crippen molar-refractivity contribution >= 4 is 29.3 Å². The van der Waals surface area contributed by atoms with Crippen LogP contribution in [0.25, 0.3) is 0 Å². The maximum absolute atomic E-state index is 12.2. The molecular formula is C15H16ClNO3S. The SMILES string of the molecule is CSc1ccc(Cl)c(C(=O)NCC(C)(O)c2ccco2)c1. The highest BCUT2D eigenvalue weighted by atomic mass is 35.5. The van der Waals surface area contributed by atoms with E-state index in [9.17, 15) is 9.90 Å². The number of hydrogen-bond donors (Lipinski definition) is 2. The summed E-state index contributed by atoms with van der Waals surface area (Å²) in [5, 5.41) is 13.3. The highest BCUT2D eigenvalue weighted by molar-refractivity contribution is 7.98. The number of nitrogens with one attached hydrogen (secondary N) is 1. The first kappa shape index (κ1) is 15.9. The van der Waals surface area contributed by atoms with E-state index in [0.29, 0.717) is 16.3 Å². The van der Waals surface area contributed by atoms with E-state index in [1.807, 2.05) is 12.3 Å². The number of carbonyl (C=O) groups excluding carboxylic acids is 1. The molecule has 0 saturated heterocycles. The zero-order valence-corrected chi connectivity index (χ0v) is 13.3. The number of halogens is 1. The molecular weight excluding hydrogens is 310 g/mol. The molecule has 1 aromatic carbocycles. The van der Waals surface area contributed by atoms with Crippen LogP contribution in [0.5, 0.6) is 0 Å². The van der Waals surface area contributed by atoms with Crippen molar-refractivity contribution in [2.24, 2.45) is 0 Å². The Bertz CT molecular complexity index is 626. The van der Waals surface area contributed by atoms with Crippen molar-refractivity contribution in [1.82, 2.24) is 5.32 Å². The van der Waals surface area contributed by atoms with Crippen molar-refractivity contribution in [2.45, 2.75) is 17.4 Å². The number of furan rings is 1. The summed E-state index contributed by atoms with van der Waals surface area (Å²) in [5.74, 6) is 0.0643. The van der Waals surface area contributed by atoms with Gasteiger partial charge in [0.25, 0.3) is 5.91 Å². The Balaban J connectivity index is 2.08. The molecule has 1 amide bonds. The Kier molecular flexibility index (Phi) is 4.98. The van der Waals surface area contributed by atoms with Gasteiger partial charge in [-0.1, -0.05) is 11.6 Å². The lowest BCUT2D eigenvalue weighted by Gasteiger charge is -2.21. The molecule has 0 saturated carbocycles. The Morgan fingerprint density at radius 2 is 2.24 bits per heavy atom. The van der Waals surface area contributed by atoms with Gasteiger partial charge in [0.05, 0.1) is 23.4 Å². The van der Waals surface area contributed by atoms with Crippen LogP contribution in [-0.2, 0) is 5.60 Å². The summed E-state index contributed by atoms with van der Waals surface area (Å²) in [6.45, 7) is 1.60. The summed E-state index contributed by atoms with van der Waals surface area (Å²) in [4.78, 5) is 13.1. The number of amides is 1. The summed E-state index contributed by atoms with van der Waals surface area (Å²) in [5.41, 5.74) is -0.887. The van der Waals surface area contributed by atoms with E-state index >= 15 is 0 Å². The van der Waals surface area contributed by atoms with Crippen LogP contribution >= 0.6 is 23.4 Å². The molecule has 6 heteroatoms. The normalized spacial score (nSPS) is 13.7. The van der Waals surface area contributed by atoms with Gasteiger partial charge in [-0.3, -0.25) is 4.79 Å². The highest BCUT2D eigenvalue weighted by Gasteiger charge is 2.27. The Morgan fingerprint density at radius 1 is 1.48 bits per heavy atom. The van der Waals surface area contributed by atoms with E-state index in [2.05, 4.69) is 5.32 Å². The van der Waals surface area contributed by atoms with Gasteiger partial charge in [-0.05, 0) is 43.5 Å². The van der Waals surface area contributed by atoms with Crippen LogP contribution in [0.15, 0.2) is 45.9 Å². The molecule has 21 heavy (non-hydrogen) atoms. The van der Waals surface area contributed by atoms with Gasteiger partial charge in [0.2, 0.25) is 0 Å². The predicted molar refractivity (Wildman–Crippen MR) is 83.8 cm³/mol. The molecule has 1 aromatic heterocycles. The van der Waals surface area contributed by atoms with E-state index < -0.39 is 5.60 Å². The number of benzene rings is 1. The van der Waals surface area contributed by atoms with Crippen LogP contribution in [0, 0.1) is 0 Å². The van der Waals surface area contributed by atoms with Gasteiger partial charge in [0.1, 0.15) is 11.4 Å². The molecule has 0 aliphatic heterocycles. The van der Waals surface area contributed by atoms with E-state index in [1.54, 1.807) is 31.2 Å². The maximum atomic E-state index is 12.2. The van der Waals surface area contributed by atoms with Gasteiger partial charge in [-0.25, -0.2) is 0 Å². The second kappa shape index (κ2) is 6.56. The molecule has 0 radical (unpaired) electrons. The first-order valence-electron chi connectivity index (χ1n) is 6.32. The first-order valence-corrected chi connectivity index (χ1v) is 7.92. The summed E-state index contributed by atoms with van der Waals surface area (Å²) in [6, 6.07) is 8.61. The van der Waals surface area contributed by atoms with Crippen molar-refractivity contribution in [1.29, 1.82) is 0 Å². The lowest BCUT2D eigenvalue weighted by Crippen LogP contribution is -2.38. The minimum atomic E-state index is -1.28. The van der Waals surface area contributed by atoms with E-state index in [0.717, 1.165) is 4.90 Å². The number of carbonyl (C=O) groups is 1.